The summed E-state index contributed by atoms with van der Waals surface area (Å²) in [7, 11) is -3.16. The molecule has 0 saturated carbocycles. The summed E-state index contributed by atoms with van der Waals surface area (Å²) in [6.45, 7) is -0.435. The van der Waals surface area contributed by atoms with Gasteiger partial charge in [-0.15, -0.1) is 0 Å². The van der Waals surface area contributed by atoms with Crippen LogP contribution in [0.2, 0.25) is 0 Å². The highest BCUT2D eigenvalue weighted by molar-refractivity contribution is 7.90. The Kier molecular flexibility index (Phi) is 7.11. The summed E-state index contributed by atoms with van der Waals surface area (Å²) in [5, 5.41) is 5.39. The average molecular weight is 442 g/mol. The van der Waals surface area contributed by atoms with Gasteiger partial charge in [-0.3, -0.25) is 4.79 Å². The molecule has 8 nitrogen and oxygen atoms in total. The van der Waals surface area contributed by atoms with Crippen molar-refractivity contribution < 1.29 is 27.4 Å². The first-order valence-electron chi connectivity index (χ1n) is 9.28. The van der Waals surface area contributed by atoms with Crippen LogP contribution < -0.4 is 18.9 Å². The lowest BCUT2D eigenvalue weighted by atomic mass is 10.2. The second kappa shape index (κ2) is 9.96. The summed E-state index contributed by atoms with van der Waals surface area (Å²) in [4.78, 5) is 11.9. The first kappa shape index (κ1) is 22.1. The third kappa shape index (κ3) is 6.21. The minimum atomic E-state index is -4.32. The molecule has 0 aliphatic carbocycles. The topological polar surface area (TPSA) is 108 Å². The second-order valence-electron chi connectivity index (χ2n) is 6.45. The van der Waals surface area contributed by atoms with E-state index in [1.54, 1.807) is 24.3 Å². The third-order valence-electron chi connectivity index (χ3n) is 4.22. The summed E-state index contributed by atoms with van der Waals surface area (Å²) in [6, 6.07) is 23.0. The van der Waals surface area contributed by atoms with E-state index in [2.05, 4.69) is 4.74 Å². The van der Waals surface area contributed by atoms with Gasteiger partial charge in [0, 0.05) is 6.07 Å². The van der Waals surface area contributed by atoms with Crippen LogP contribution in [-0.4, -0.2) is 28.0 Å². The molecule has 0 fully saturated rings. The van der Waals surface area contributed by atoms with E-state index in [0.717, 1.165) is 17.0 Å². The number of ether oxygens (including phenoxy) is 3. The number of benzene rings is 3. The quantitative estimate of drug-likeness (QED) is 0.510. The normalized spacial score (nSPS) is 10.9. The van der Waals surface area contributed by atoms with Crippen LogP contribution in [0.4, 0.5) is 5.69 Å². The fourth-order valence-corrected chi connectivity index (χ4v) is 3.43. The molecule has 2 N–H and O–H groups in total. The number of hydrogen-bond donors (Lipinski definition) is 1. The van der Waals surface area contributed by atoms with Crippen molar-refractivity contribution in [2.75, 3.05) is 18.0 Å². The highest BCUT2D eigenvalue weighted by Crippen LogP contribution is 2.35. The largest absolute Gasteiger partial charge is 0.487 e. The fraction of sp³-hybridized carbons (Fsp3) is 0.136. The molecule has 0 aliphatic rings. The number of carbonyl (C=O) groups excluding carboxylic acids is 1. The zero-order valence-corrected chi connectivity index (χ0v) is 17.6. The molecule has 0 atom stereocenters. The molecule has 0 amide bonds. The number of nitrogens with two attached hydrogens (primary N) is 1. The highest BCUT2D eigenvalue weighted by Gasteiger charge is 2.26. The number of methoxy groups -OCH3 is 1. The van der Waals surface area contributed by atoms with Crippen LogP contribution in [-0.2, 0) is 26.3 Å². The lowest BCUT2D eigenvalue weighted by molar-refractivity contribution is -0.138. The lowest BCUT2D eigenvalue weighted by Gasteiger charge is -2.24. The van der Waals surface area contributed by atoms with Gasteiger partial charge in [-0.25, -0.2) is 9.44 Å². The van der Waals surface area contributed by atoms with Crippen molar-refractivity contribution in [2.24, 2.45) is 5.14 Å². The zero-order valence-electron chi connectivity index (χ0n) is 16.8. The Morgan fingerprint density at radius 2 is 1.58 bits per heavy atom. The highest BCUT2D eigenvalue weighted by atomic mass is 32.2. The monoisotopic (exact) mass is 442 g/mol. The maximum Gasteiger partial charge on any atom is 0.326 e. The Bertz CT molecular complexity index is 1120. The van der Waals surface area contributed by atoms with Gasteiger partial charge in [0.15, 0.2) is 0 Å². The van der Waals surface area contributed by atoms with Crippen molar-refractivity contribution in [3.63, 3.8) is 0 Å². The van der Waals surface area contributed by atoms with Gasteiger partial charge in [0.1, 0.15) is 30.4 Å². The smallest absolute Gasteiger partial charge is 0.326 e. The third-order valence-corrected chi connectivity index (χ3v) is 5.16. The van der Waals surface area contributed by atoms with Crippen LogP contribution in [0.1, 0.15) is 5.56 Å². The van der Waals surface area contributed by atoms with E-state index < -0.39 is 22.7 Å². The molecule has 0 radical (unpaired) electrons. The predicted octanol–water partition coefficient (Wildman–Crippen LogP) is 3.24. The maximum atomic E-state index is 12.3. The molecule has 0 aliphatic heterocycles. The molecule has 31 heavy (non-hydrogen) atoms. The molecule has 3 aromatic rings. The first-order chi connectivity index (χ1) is 14.9. The van der Waals surface area contributed by atoms with Gasteiger partial charge in [-0.1, -0.05) is 48.5 Å². The van der Waals surface area contributed by atoms with E-state index in [-0.39, 0.29) is 18.0 Å². The van der Waals surface area contributed by atoms with E-state index in [1.807, 2.05) is 48.5 Å². The van der Waals surface area contributed by atoms with Crippen molar-refractivity contribution in [3.8, 4) is 17.2 Å². The lowest BCUT2D eigenvalue weighted by Crippen LogP contribution is -2.41. The maximum absolute atomic E-state index is 12.3. The number of esters is 1. The van der Waals surface area contributed by atoms with Crippen molar-refractivity contribution >= 4 is 21.9 Å². The van der Waals surface area contributed by atoms with Crippen LogP contribution >= 0.6 is 0 Å². The van der Waals surface area contributed by atoms with Crippen LogP contribution in [0, 0.1) is 0 Å². The summed E-state index contributed by atoms with van der Waals surface area (Å²) in [6.07, 6.45) is 0. The number of nitrogens with zero attached hydrogens (tertiary/aromatic N) is 1. The van der Waals surface area contributed by atoms with E-state index in [1.165, 1.54) is 6.07 Å². The van der Waals surface area contributed by atoms with Crippen molar-refractivity contribution in [1.82, 2.24) is 0 Å². The minimum Gasteiger partial charge on any atom is -0.487 e. The Morgan fingerprint density at radius 1 is 0.935 bits per heavy atom. The van der Waals surface area contributed by atoms with Gasteiger partial charge in [0.25, 0.3) is 10.2 Å². The van der Waals surface area contributed by atoms with Gasteiger partial charge in [-0.2, -0.15) is 8.42 Å². The van der Waals surface area contributed by atoms with Crippen LogP contribution in [0.25, 0.3) is 0 Å². The molecule has 162 valence electrons. The average Bonchev–Trinajstić information content (AvgIpc) is 2.77. The van der Waals surface area contributed by atoms with Crippen LogP contribution in [0.3, 0.4) is 0 Å². The summed E-state index contributed by atoms with van der Waals surface area (Å²) in [5.74, 6) is 0.327. The van der Waals surface area contributed by atoms with Gasteiger partial charge < -0.3 is 14.2 Å². The van der Waals surface area contributed by atoms with Crippen LogP contribution in [0.5, 0.6) is 17.2 Å². The summed E-state index contributed by atoms with van der Waals surface area (Å²) in [5.41, 5.74) is 0.936. The van der Waals surface area contributed by atoms with Gasteiger partial charge in [-0.05, 0) is 29.8 Å². The molecule has 0 bridgehead atoms. The van der Waals surface area contributed by atoms with Crippen molar-refractivity contribution in [1.29, 1.82) is 0 Å². The zero-order chi connectivity index (χ0) is 22.3. The predicted molar refractivity (Wildman–Crippen MR) is 116 cm³/mol. The molecular weight excluding hydrogens is 420 g/mol. The SMILES string of the molecule is COC(=O)CN(c1cc(Oc2ccccc2)ccc1OCc1ccccc1)S(N)(=O)=O. The van der Waals surface area contributed by atoms with E-state index >= 15 is 0 Å². The van der Waals surface area contributed by atoms with Gasteiger partial charge >= 0.3 is 5.97 Å². The fourth-order valence-electron chi connectivity index (χ4n) is 2.73. The van der Waals surface area contributed by atoms with Crippen LogP contribution in [0.15, 0.2) is 78.9 Å². The summed E-state index contributed by atoms with van der Waals surface area (Å²) >= 11 is 0. The molecule has 3 aromatic carbocycles. The standard InChI is InChI=1S/C22H22N2O6S/c1-28-22(25)15-24(31(23,26)27)20-14-19(30-18-10-6-3-7-11-18)12-13-21(20)29-16-17-8-4-2-5-9-17/h2-14H,15-16H2,1H3,(H2,23,26,27). The Morgan fingerprint density at radius 3 is 2.19 bits per heavy atom. The number of hydrogen-bond acceptors (Lipinski definition) is 6. The molecule has 0 aromatic heterocycles. The first-order valence-corrected chi connectivity index (χ1v) is 10.8. The second-order valence-corrected chi connectivity index (χ2v) is 7.92. The minimum absolute atomic E-state index is 0.0530. The van der Waals surface area contributed by atoms with E-state index in [4.69, 9.17) is 14.6 Å². The van der Waals surface area contributed by atoms with Gasteiger partial charge in [0.2, 0.25) is 0 Å². The Hall–Kier alpha value is -3.56. The van der Waals surface area contributed by atoms with E-state index in [9.17, 15) is 13.2 Å². The Balaban J connectivity index is 1.98. The van der Waals surface area contributed by atoms with E-state index in [0.29, 0.717) is 11.5 Å². The number of carbonyl (C=O) groups is 1. The van der Waals surface area contributed by atoms with Gasteiger partial charge in [0.05, 0.1) is 12.8 Å². The molecular formula is C22H22N2O6S. The number of rotatable bonds is 9. The number of para-hydroxylation sites is 1. The molecule has 0 unspecified atom stereocenters. The Labute approximate surface area is 181 Å². The molecule has 3 rings (SSSR count). The molecule has 0 heterocycles. The molecule has 0 spiro atoms. The number of anilines is 1. The molecule has 9 heteroatoms. The summed E-state index contributed by atoms with van der Waals surface area (Å²) < 4.78 is 41.5. The van der Waals surface area contributed by atoms with Crippen molar-refractivity contribution in [3.05, 3.63) is 84.4 Å². The van der Waals surface area contributed by atoms with Crippen molar-refractivity contribution in [2.45, 2.75) is 6.61 Å². The molecule has 0 saturated heterocycles.